The third kappa shape index (κ3) is 4.91. The number of hydrogen-bond acceptors (Lipinski definition) is 3. The van der Waals surface area contributed by atoms with Crippen molar-refractivity contribution in [3.63, 3.8) is 0 Å². The Morgan fingerprint density at radius 2 is 1.90 bits per heavy atom. The summed E-state index contributed by atoms with van der Waals surface area (Å²) in [6.07, 6.45) is 2.14. The summed E-state index contributed by atoms with van der Waals surface area (Å²) < 4.78 is 1.92. The van der Waals surface area contributed by atoms with Gasteiger partial charge in [0.05, 0.1) is 5.69 Å². The minimum atomic E-state index is 0.0904. The van der Waals surface area contributed by atoms with Crippen molar-refractivity contribution < 1.29 is 0 Å². The monoisotopic (exact) mass is 280 g/mol. The van der Waals surface area contributed by atoms with Gasteiger partial charge in [0.2, 0.25) is 0 Å². The molecule has 0 spiro atoms. The first-order chi connectivity index (χ1) is 9.11. The van der Waals surface area contributed by atoms with Crippen molar-refractivity contribution in [1.29, 1.82) is 0 Å². The van der Waals surface area contributed by atoms with Gasteiger partial charge in [-0.3, -0.25) is 4.68 Å². The van der Waals surface area contributed by atoms with Gasteiger partial charge in [-0.05, 0) is 20.0 Å². The molecule has 0 fully saturated rings. The van der Waals surface area contributed by atoms with Crippen molar-refractivity contribution in [2.45, 2.75) is 52.6 Å². The quantitative estimate of drug-likeness (QED) is 0.868. The highest BCUT2D eigenvalue weighted by molar-refractivity contribution is 5.24. The van der Waals surface area contributed by atoms with Gasteiger partial charge in [0.15, 0.2) is 0 Å². The molecule has 0 bridgehead atoms. The Labute approximate surface area is 124 Å². The highest BCUT2D eigenvalue weighted by atomic mass is 15.3. The zero-order chi connectivity index (χ0) is 15.5. The topological polar surface area (TPSA) is 33.1 Å². The van der Waals surface area contributed by atoms with E-state index in [0.29, 0.717) is 12.0 Å². The second kappa shape index (κ2) is 6.72. The summed E-state index contributed by atoms with van der Waals surface area (Å²) in [7, 11) is 6.25. The number of aromatic nitrogens is 2. The molecule has 116 valence electrons. The standard InChI is InChI=1S/C16H32N4/c1-12(2)14(11-19(6)7)17-9-13-10-20(8)18-15(13)16(3,4)5/h10,12,14,17H,9,11H2,1-8H3. The Morgan fingerprint density at radius 1 is 1.30 bits per heavy atom. The van der Waals surface area contributed by atoms with Gasteiger partial charge in [-0.2, -0.15) is 5.10 Å². The molecule has 0 saturated carbocycles. The van der Waals surface area contributed by atoms with Crippen LogP contribution < -0.4 is 5.32 Å². The van der Waals surface area contributed by atoms with Crippen LogP contribution in [0.25, 0.3) is 0 Å². The van der Waals surface area contributed by atoms with Crippen LogP contribution >= 0.6 is 0 Å². The molecule has 4 nitrogen and oxygen atoms in total. The van der Waals surface area contributed by atoms with Crippen LogP contribution in [0.15, 0.2) is 6.20 Å². The van der Waals surface area contributed by atoms with Gasteiger partial charge in [-0.25, -0.2) is 0 Å². The molecule has 4 heteroatoms. The highest BCUT2D eigenvalue weighted by Gasteiger charge is 2.22. The lowest BCUT2D eigenvalue weighted by molar-refractivity contribution is 0.287. The summed E-state index contributed by atoms with van der Waals surface area (Å²) in [6.45, 7) is 13.2. The minimum Gasteiger partial charge on any atom is -0.308 e. The van der Waals surface area contributed by atoms with E-state index in [0.717, 1.165) is 13.1 Å². The number of aryl methyl sites for hydroxylation is 1. The molecule has 1 aromatic rings. The summed E-state index contributed by atoms with van der Waals surface area (Å²) in [4.78, 5) is 2.24. The number of nitrogens with one attached hydrogen (secondary N) is 1. The molecule has 0 aliphatic carbocycles. The van der Waals surface area contributed by atoms with E-state index >= 15 is 0 Å². The van der Waals surface area contributed by atoms with Crippen LogP contribution in [0.4, 0.5) is 0 Å². The number of hydrogen-bond donors (Lipinski definition) is 1. The zero-order valence-corrected chi connectivity index (χ0v) is 14.5. The SMILES string of the molecule is CC(C)C(CN(C)C)NCc1cn(C)nc1C(C)(C)C. The molecule has 1 heterocycles. The summed E-state index contributed by atoms with van der Waals surface area (Å²) in [6, 6.07) is 0.498. The summed E-state index contributed by atoms with van der Waals surface area (Å²) in [5, 5.41) is 8.33. The molecule has 1 unspecified atom stereocenters. The Hall–Kier alpha value is -0.870. The van der Waals surface area contributed by atoms with E-state index in [-0.39, 0.29) is 5.41 Å². The molecule has 0 aliphatic rings. The van der Waals surface area contributed by atoms with E-state index < -0.39 is 0 Å². The van der Waals surface area contributed by atoms with Crippen LogP contribution in [0.2, 0.25) is 0 Å². The lowest BCUT2D eigenvalue weighted by Crippen LogP contribution is -2.41. The summed E-state index contributed by atoms with van der Waals surface area (Å²) in [5.41, 5.74) is 2.59. The number of nitrogens with zero attached hydrogens (tertiary/aromatic N) is 3. The largest absolute Gasteiger partial charge is 0.308 e. The van der Waals surface area contributed by atoms with E-state index in [1.807, 2.05) is 11.7 Å². The molecule has 1 aromatic heterocycles. The van der Waals surface area contributed by atoms with Gasteiger partial charge in [0.1, 0.15) is 0 Å². The summed E-state index contributed by atoms with van der Waals surface area (Å²) >= 11 is 0. The zero-order valence-electron chi connectivity index (χ0n) is 14.5. The van der Waals surface area contributed by atoms with Crippen LogP contribution in [0.5, 0.6) is 0 Å². The van der Waals surface area contributed by atoms with Gasteiger partial charge in [0.25, 0.3) is 0 Å². The maximum absolute atomic E-state index is 4.63. The summed E-state index contributed by atoms with van der Waals surface area (Å²) in [5.74, 6) is 0.618. The van der Waals surface area contributed by atoms with Gasteiger partial charge >= 0.3 is 0 Å². The van der Waals surface area contributed by atoms with E-state index in [1.54, 1.807) is 0 Å². The first-order valence-electron chi connectivity index (χ1n) is 7.52. The molecule has 20 heavy (non-hydrogen) atoms. The lowest BCUT2D eigenvalue weighted by Gasteiger charge is -2.26. The molecule has 0 saturated heterocycles. The second-order valence-corrected chi connectivity index (χ2v) is 7.42. The van der Waals surface area contributed by atoms with Gasteiger partial charge < -0.3 is 10.2 Å². The predicted molar refractivity (Wildman–Crippen MR) is 85.9 cm³/mol. The van der Waals surface area contributed by atoms with Gasteiger partial charge in [-0.15, -0.1) is 0 Å². The Morgan fingerprint density at radius 3 is 2.35 bits per heavy atom. The molecular formula is C16H32N4. The number of likely N-dealkylation sites (N-methyl/N-ethyl adjacent to an activating group) is 1. The van der Waals surface area contributed by atoms with E-state index in [9.17, 15) is 0 Å². The molecule has 0 aliphatic heterocycles. The molecule has 0 amide bonds. The van der Waals surface area contributed by atoms with Gasteiger partial charge in [0, 0.05) is 43.4 Å². The first kappa shape index (κ1) is 17.2. The van der Waals surface area contributed by atoms with Crippen LogP contribution in [0, 0.1) is 5.92 Å². The maximum atomic E-state index is 4.63. The molecule has 0 aromatic carbocycles. The van der Waals surface area contributed by atoms with Crippen molar-refractivity contribution >= 4 is 0 Å². The van der Waals surface area contributed by atoms with Crippen molar-refractivity contribution in [1.82, 2.24) is 20.0 Å². The predicted octanol–water partition coefficient (Wildman–Crippen LogP) is 2.39. The van der Waals surface area contributed by atoms with Crippen LogP contribution in [0.3, 0.4) is 0 Å². The highest BCUT2D eigenvalue weighted by Crippen LogP contribution is 2.24. The van der Waals surface area contributed by atoms with E-state index in [1.165, 1.54) is 11.3 Å². The number of rotatable bonds is 6. The van der Waals surface area contributed by atoms with Gasteiger partial charge in [-0.1, -0.05) is 34.6 Å². The van der Waals surface area contributed by atoms with Crippen molar-refractivity contribution in [3.8, 4) is 0 Å². The smallest absolute Gasteiger partial charge is 0.0722 e. The van der Waals surface area contributed by atoms with E-state index in [4.69, 9.17) is 0 Å². The molecule has 1 rings (SSSR count). The average Bonchev–Trinajstić information content (AvgIpc) is 2.64. The molecule has 1 N–H and O–H groups in total. The second-order valence-electron chi connectivity index (χ2n) is 7.42. The van der Waals surface area contributed by atoms with Crippen LogP contribution in [0.1, 0.15) is 45.9 Å². The Balaban J connectivity index is 2.78. The molecule has 1 atom stereocenters. The minimum absolute atomic E-state index is 0.0904. The van der Waals surface area contributed by atoms with E-state index in [2.05, 4.69) is 70.2 Å². The van der Waals surface area contributed by atoms with Crippen molar-refractivity contribution in [3.05, 3.63) is 17.5 Å². The fourth-order valence-electron chi connectivity index (χ4n) is 2.44. The normalized spacial score (nSPS) is 14.3. The molecular weight excluding hydrogens is 248 g/mol. The van der Waals surface area contributed by atoms with Crippen molar-refractivity contribution in [2.75, 3.05) is 20.6 Å². The van der Waals surface area contributed by atoms with Crippen molar-refractivity contribution in [2.24, 2.45) is 13.0 Å². The third-order valence-electron chi connectivity index (χ3n) is 3.54. The third-order valence-corrected chi connectivity index (χ3v) is 3.54. The molecule has 0 radical (unpaired) electrons. The lowest BCUT2D eigenvalue weighted by atomic mass is 9.89. The average molecular weight is 280 g/mol. The Kier molecular flexibility index (Phi) is 5.78. The van der Waals surface area contributed by atoms with Crippen LogP contribution in [-0.4, -0.2) is 41.4 Å². The Bertz CT molecular complexity index is 413. The van der Waals surface area contributed by atoms with Crippen LogP contribution in [-0.2, 0) is 19.0 Å². The first-order valence-corrected chi connectivity index (χ1v) is 7.52. The fourth-order valence-corrected chi connectivity index (χ4v) is 2.44. The fraction of sp³-hybridized carbons (Fsp3) is 0.812. The maximum Gasteiger partial charge on any atom is 0.0722 e.